The first kappa shape index (κ1) is 18.4. The minimum absolute atomic E-state index is 0.0262. The van der Waals surface area contributed by atoms with Crippen molar-refractivity contribution >= 4 is 34.6 Å². The zero-order chi connectivity index (χ0) is 18.5. The first-order valence-electron chi connectivity index (χ1n) is 8.46. The molecular weight excluding hydrogens is 360 g/mol. The highest BCUT2D eigenvalue weighted by Crippen LogP contribution is 2.28. The predicted octanol–water partition coefficient (Wildman–Crippen LogP) is 6.07. The Balaban J connectivity index is 1.88. The van der Waals surface area contributed by atoms with E-state index in [1.165, 1.54) is 11.1 Å². The Morgan fingerprint density at radius 2 is 1.46 bits per heavy atom. The molecule has 0 aliphatic carbocycles. The number of nitrogens with one attached hydrogen (secondary N) is 1. The maximum atomic E-state index is 6.23. The summed E-state index contributed by atoms with van der Waals surface area (Å²) in [5.41, 5.74) is 4.31. The topological polar surface area (TPSA) is 15.3 Å². The second-order valence-corrected chi connectivity index (χ2v) is 7.02. The average Bonchev–Trinajstić information content (AvgIpc) is 2.66. The van der Waals surface area contributed by atoms with Crippen LogP contribution in [0.2, 0.25) is 5.02 Å². The van der Waals surface area contributed by atoms with E-state index in [4.69, 9.17) is 23.8 Å². The van der Waals surface area contributed by atoms with Gasteiger partial charge in [-0.3, -0.25) is 0 Å². The molecule has 3 rings (SSSR count). The Morgan fingerprint density at radius 3 is 1.96 bits per heavy atom. The van der Waals surface area contributed by atoms with E-state index in [0.717, 1.165) is 16.3 Å². The highest BCUT2D eigenvalue weighted by molar-refractivity contribution is 7.80. The van der Waals surface area contributed by atoms with Crippen LogP contribution >= 0.6 is 23.8 Å². The molecule has 0 saturated carbocycles. The molecule has 0 atom stereocenters. The minimum atomic E-state index is 0.0262. The molecule has 0 unspecified atom stereocenters. The van der Waals surface area contributed by atoms with Gasteiger partial charge in [0, 0.05) is 17.8 Å². The summed E-state index contributed by atoms with van der Waals surface area (Å²) >= 11 is 11.9. The van der Waals surface area contributed by atoms with Crippen LogP contribution in [0.25, 0.3) is 0 Å². The SMILES string of the molecule is Cc1ccc(NC(=S)N(C)C(c2ccccc2)c2ccccc2)cc1Cl. The van der Waals surface area contributed by atoms with E-state index in [0.29, 0.717) is 5.11 Å². The monoisotopic (exact) mass is 380 g/mol. The van der Waals surface area contributed by atoms with Crippen molar-refractivity contribution in [2.75, 3.05) is 12.4 Å². The summed E-state index contributed by atoms with van der Waals surface area (Å²) in [5.74, 6) is 0. The van der Waals surface area contributed by atoms with E-state index >= 15 is 0 Å². The van der Waals surface area contributed by atoms with Crippen LogP contribution in [-0.2, 0) is 0 Å². The Kier molecular flexibility index (Phi) is 5.92. The molecule has 132 valence electrons. The maximum absolute atomic E-state index is 6.23. The molecule has 0 heterocycles. The summed E-state index contributed by atoms with van der Waals surface area (Å²) < 4.78 is 0. The lowest BCUT2D eigenvalue weighted by Crippen LogP contribution is -2.35. The van der Waals surface area contributed by atoms with E-state index in [2.05, 4.69) is 58.7 Å². The van der Waals surface area contributed by atoms with Gasteiger partial charge in [0.25, 0.3) is 0 Å². The van der Waals surface area contributed by atoms with Crippen LogP contribution in [0.15, 0.2) is 78.9 Å². The van der Waals surface area contributed by atoms with Crippen LogP contribution in [0.1, 0.15) is 22.7 Å². The highest BCUT2D eigenvalue weighted by atomic mass is 35.5. The fraction of sp³-hybridized carbons (Fsp3) is 0.136. The van der Waals surface area contributed by atoms with Crippen molar-refractivity contribution < 1.29 is 0 Å². The Morgan fingerprint density at radius 1 is 0.923 bits per heavy atom. The number of thiocarbonyl (C=S) groups is 1. The van der Waals surface area contributed by atoms with Gasteiger partial charge in [-0.05, 0) is 48.0 Å². The van der Waals surface area contributed by atoms with Gasteiger partial charge in [-0.15, -0.1) is 0 Å². The zero-order valence-electron chi connectivity index (χ0n) is 14.8. The van der Waals surface area contributed by atoms with Crippen molar-refractivity contribution in [2.45, 2.75) is 13.0 Å². The van der Waals surface area contributed by atoms with E-state index in [9.17, 15) is 0 Å². The molecule has 0 aliphatic rings. The molecule has 0 amide bonds. The van der Waals surface area contributed by atoms with Crippen molar-refractivity contribution in [1.29, 1.82) is 0 Å². The molecule has 1 N–H and O–H groups in total. The third kappa shape index (κ3) is 4.24. The second kappa shape index (κ2) is 8.35. The third-order valence-corrected chi connectivity index (χ3v) is 5.16. The first-order chi connectivity index (χ1) is 12.6. The Labute approximate surface area is 165 Å². The second-order valence-electron chi connectivity index (χ2n) is 6.23. The average molecular weight is 381 g/mol. The van der Waals surface area contributed by atoms with Gasteiger partial charge in [0.2, 0.25) is 0 Å². The molecule has 0 aromatic heterocycles. The summed E-state index contributed by atoms with van der Waals surface area (Å²) in [7, 11) is 2.01. The van der Waals surface area contributed by atoms with E-state index in [-0.39, 0.29) is 6.04 Å². The highest BCUT2D eigenvalue weighted by Gasteiger charge is 2.21. The summed E-state index contributed by atoms with van der Waals surface area (Å²) in [4.78, 5) is 2.08. The summed E-state index contributed by atoms with van der Waals surface area (Å²) in [6, 6.07) is 26.6. The van der Waals surface area contributed by atoms with E-state index in [1.807, 2.05) is 44.3 Å². The molecule has 0 bridgehead atoms. The standard InChI is InChI=1S/C22H21ClN2S/c1-16-13-14-19(15-20(16)23)24-22(26)25(2)21(17-9-5-3-6-10-17)18-11-7-4-8-12-18/h3-15,21H,1-2H3,(H,24,26). The van der Waals surface area contributed by atoms with Gasteiger partial charge < -0.3 is 10.2 Å². The maximum Gasteiger partial charge on any atom is 0.173 e. The smallest absolute Gasteiger partial charge is 0.173 e. The molecule has 0 saturated heterocycles. The number of benzene rings is 3. The number of halogens is 1. The molecule has 3 aromatic carbocycles. The van der Waals surface area contributed by atoms with Gasteiger partial charge in [0.1, 0.15) is 0 Å². The lowest BCUT2D eigenvalue weighted by Gasteiger charge is -2.31. The van der Waals surface area contributed by atoms with Crippen molar-refractivity contribution in [2.24, 2.45) is 0 Å². The Hall–Kier alpha value is -2.36. The third-order valence-electron chi connectivity index (χ3n) is 4.36. The quantitative estimate of drug-likeness (QED) is 0.553. The van der Waals surface area contributed by atoms with Crippen LogP contribution in [0.5, 0.6) is 0 Å². The minimum Gasteiger partial charge on any atom is -0.341 e. The van der Waals surface area contributed by atoms with Gasteiger partial charge in [-0.1, -0.05) is 78.3 Å². The van der Waals surface area contributed by atoms with Crippen LogP contribution < -0.4 is 5.32 Å². The van der Waals surface area contributed by atoms with Crippen molar-refractivity contribution in [1.82, 2.24) is 4.90 Å². The molecule has 0 fully saturated rings. The van der Waals surface area contributed by atoms with Gasteiger partial charge in [0.15, 0.2) is 5.11 Å². The zero-order valence-corrected chi connectivity index (χ0v) is 16.4. The molecule has 26 heavy (non-hydrogen) atoms. The van der Waals surface area contributed by atoms with Gasteiger partial charge >= 0.3 is 0 Å². The molecule has 0 radical (unpaired) electrons. The number of rotatable bonds is 4. The lowest BCUT2D eigenvalue weighted by atomic mass is 9.98. The van der Waals surface area contributed by atoms with Gasteiger partial charge in [0.05, 0.1) is 6.04 Å². The number of anilines is 1. The van der Waals surface area contributed by atoms with Crippen LogP contribution in [0.4, 0.5) is 5.69 Å². The van der Waals surface area contributed by atoms with Crippen molar-refractivity contribution in [3.8, 4) is 0 Å². The predicted molar refractivity (Wildman–Crippen MR) is 115 cm³/mol. The van der Waals surface area contributed by atoms with Gasteiger partial charge in [-0.25, -0.2) is 0 Å². The molecular formula is C22H21ClN2S. The molecule has 0 spiro atoms. The van der Waals surface area contributed by atoms with E-state index < -0.39 is 0 Å². The number of hydrogen-bond donors (Lipinski definition) is 1. The van der Waals surface area contributed by atoms with E-state index in [1.54, 1.807) is 0 Å². The van der Waals surface area contributed by atoms with Gasteiger partial charge in [-0.2, -0.15) is 0 Å². The fourth-order valence-electron chi connectivity index (χ4n) is 2.91. The molecule has 2 nitrogen and oxygen atoms in total. The summed E-state index contributed by atoms with van der Waals surface area (Å²) in [5, 5.41) is 4.67. The fourth-order valence-corrected chi connectivity index (χ4v) is 3.31. The molecule has 0 aliphatic heterocycles. The first-order valence-corrected chi connectivity index (χ1v) is 9.25. The van der Waals surface area contributed by atoms with Crippen LogP contribution in [0, 0.1) is 6.92 Å². The number of nitrogens with zero attached hydrogens (tertiary/aromatic N) is 1. The number of aryl methyl sites for hydroxylation is 1. The summed E-state index contributed by atoms with van der Waals surface area (Å²) in [6.07, 6.45) is 0. The summed E-state index contributed by atoms with van der Waals surface area (Å²) in [6.45, 7) is 1.98. The number of hydrogen-bond acceptors (Lipinski definition) is 1. The Bertz CT molecular complexity index is 842. The van der Waals surface area contributed by atoms with Crippen molar-refractivity contribution in [3.05, 3.63) is 101 Å². The largest absolute Gasteiger partial charge is 0.341 e. The molecule has 4 heteroatoms. The normalized spacial score (nSPS) is 10.6. The van der Waals surface area contributed by atoms with Crippen LogP contribution in [0.3, 0.4) is 0 Å². The van der Waals surface area contributed by atoms with Crippen LogP contribution in [-0.4, -0.2) is 17.1 Å². The lowest BCUT2D eigenvalue weighted by molar-refractivity contribution is 0.434. The van der Waals surface area contributed by atoms with Crippen molar-refractivity contribution in [3.63, 3.8) is 0 Å². The molecule has 3 aromatic rings.